The van der Waals surface area contributed by atoms with E-state index in [0.29, 0.717) is 10.8 Å². The predicted octanol–water partition coefficient (Wildman–Crippen LogP) is 3.16. The highest BCUT2D eigenvalue weighted by atomic mass is 35.5. The van der Waals surface area contributed by atoms with Crippen molar-refractivity contribution in [2.75, 3.05) is 5.32 Å². The molecule has 6 heteroatoms. The van der Waals surface area contributed by atoms with Gasteiger partial charge in [0.2, 0.25) is 5.91 Å². The third-order valence-corrected chi connectivity index (χ3v) is 3.72. The zero-order chi connectivity index (χ0) is 16.2. The monoisotopic (exact) mass is 326 g/mol. The van der Waals surface area contributed by atoms with Crippen molar-refractivity contribution in [2.24, 2.45) is 5.73 Å². The number of aromatic nitrogens is 2. The molecule has 5 nitrogen and oxygen atoms in total. The Bertz CT molecular complexity index is 816. The second-order valence-corrected chi connectivity index (χ2v) is 5.39. The summed E-state index contributed by atoms with van der Waals surface area (Å²) in [6, 6.07) is 17.8. The maximum atomic E-state index is 11.7. The van der Waals surface area contributed by atoms with Crippen molar-refractivity contribution in [1.82, 2.24) is 9.78 Å². The molecule has 3 rings (SSSR count). The van der Waals surface area contributed by atoms with Crippen molar-refractivity contribution in [3.05, 3.63) is 77.4 Å². The van der Waals surface area contributed by atoms with Crippen LogP contribution in [-0.2, 0) is 4.79 Å². The molecule has 0 aliphatic heterocycles. The molecule has 23 heavy (non-hydrogen) atoms. The Morgan fingerprint density at radius 3 is 2.48 bits per heavy atom. The lowest BCUT2D eigenvalue weighted by Gasteiger charge is -2.15. The van der Waals surface area contributed by atoms with E-state index < -0.39 is 11.9 Å². The molecule has 1 amide bonds. The van der Waals surface area contributed by atoms with Gasteiger partial charge in [-0.3, -0.25) is 4.79 Å². The first-order chi connectivity index (χ1) is 11.1. The molecule has 0 saturated heterocycles. The number of carbonyl (C=O) groups is 1. The number of amides is 1. The Kier molecular flexibility index (Phi) is 4.30. The molecule has 1 unspecified atom stereocenters. The van der Waals surface area contributed by atoms with Gasteiger partial charge in [0.1, 0.15) is 11.9 Å². The molecule has 0 bridgehead atoms. The average Bonchev–Trinajstić information content (AvgIpc) is 3.02. The topological polar surface area (TPSA) is 72.9 Å². The third-order valence-electron chi connectivity index (χ3n) is 3.40. The molecular formula is C17H15ClN4O. The largest absolute Gasteiger partial charge is 0.368 e. The SMILES string of the molecule is NC(=O)C(Nc1ccn(-c2ccccc2Cl)n1)c1ccccc1. The maximum absolute atomic E-state index is 11.7. The molecule has 0 aliphatic carbocycles. The Hall–Kier alpha value is -2.79. The summed E-state index contributed by atoms with van der Waals surface area (Å²) in [5, 5.41) is 8.05. The van der Waals surface area contributed by atoms with E-state index in [4.69, 9.17) is 17.3 Å². The van der Waals surface area contributed by atoms with Crippen LogP contribution in [0.3, 0.4) is 0 Å². The molecule has 0 fully saturated rings. The van der Waals surface area contributed by atoms with Gasteiger partial charge in [-0.15, -0.1) is 0 Å². The van der Waals surface area contributed by atoms with E-state index in [1.54, 1.807) is 23.0 Å². The summed E-state index contributed by atoms with van der Waals surface area (Å²) in [6.45, 7) is 0. The number of nitrogens with zero attached hydrogens (tertiary/aromatic N) is 2. The number of anilines is 1. The molecule has 1 aromatic heterocycles. The first kappa shape index (κ1) is 15.1. The highest BCUT2D eigenvalue weighted by molar-refractivity contribution is 6.32. The number of nitrogens with one attached hydrogen (secondary N) is 1. The van der Waals surface area contributed by atoms with Crippen LogP contribution in [0.15, 0.2) is 66.9 Å². The molecule has 3 aromatic rings. The van der Waals surface area contributed by atoms with Gasteiger partial charge >= 0.3 is 0 Å². The summed E-state index contributed by atoms with van der Waals surface area (Å²) in [6.07, 6.45) is 1.77. The number of primary amides is 1. The second-order valence-electron chi connectivity index (χ2n) is 4.99. The summed E-state index contributed by atoms with van der Waals surface area (Å²) < 4.78 is 1.65. The third kappa shape index (κ3) is 3.35. The van der Waals surface area contributed by atoms with E-state index in [0.717, 1.165) is 11.3 Å². The fourth-order valence-electron chi connectivity index (χ4n) is 2.28. The minimum Gasteiger partial charge on any atom is -0.368 e. The zero-order valence-electron chi connectivity index (χ0n) is 12.2. The van der Waals surface area contributed by atoms with Crippen LogP contribution < -0.4 is 11.1 Å². The van der Waals surface area contributed by atoms with Gasteiger partial charge in [0.25, 0.3) is 0 Å². The minimum absolute atomic E-state index is 0.469. The summed E-state index contributed by atoms with van der Waals surface area (Å²) in [5.74, 6) is 0.0704. The number of halogens is 1. The van der Waals surface area contributed by atoms with E-state index in [1.807, 2.05) is 48.5 Å². The number of hydrogen-bond acceptors (Lipinski definition) is 3. The molecule has 3 N–H and O–H groups in total. The van der Waals surface area contributed by atoms with Crippen LogP contribution in [-0.4, -0.2) is 15.7 Å². The molecule has 2 aromatic carbocycles. The smallest absolute Gasteiger partial charge is 0.244 e. The van der Waals surface area contributed by atoms with Crippen LogP contribution in [0.25, 0.3) is 5.69 Å². The van der Waals surface area contributed by atoms with Crippen molar-refractivity contribution in [1.29, 1.82) is 0 Å². The Labute approximate surface area is 138 Å². The van der Waals surface area contributed by atoms with Crippen LogP contribution in [0.4, 0.5) is 5.82 Å². The van der Waals surface area contributed by atoms with Crippen LogP contribution in [0.5, 0.6) is 0 Å². The summed E-state index contributed by atoms with van der Waals surface area (Å²) in [7, 11) is 0. The number of carbonyl (C=O) groups excluding carboxylic acids is 1. The van der Waals surface area contributed by atoms with Crippen molar-refractivity contribution < 1.29 is 4.79 Å². The summed E-state index contributed by atoms with van der Waals surface area (Å²) in [5.41, 5.74) is 7.05. The van der Waals surface area contributed by atoms with Crippen molar-refractivity contribution >= 4 is 23.3 Å². The van der Waals surface area contributed by atoms with E-state index >= 15 is 0 Å². The molecule has 0 saturated carbocycles. The lowest BCUT2D eigenvalue weighted by Crippen LogP contribution is -2.27. The lowest BCUT2D eigenvalue weighted by atomic mass is 10.1. The van der Waals surface area contributed by atoms with Gasteiger partial charge in [-0.05, 0) is 17.7 Å². The first-order valence-corrected chi connectivity index (χ1v) is 7.44. The zero-order valence-corrected chi connectivity index (χ0v) is 12.9. The number of rotatable bonds is 5. The van der Waals surface area contributed by atoms with E-state index in [9.17, 15) is 4.79 Å². The van der Waals surface area contributed by atoms with Crippen molar-refractivity contribution in [3.63, 3.8) is 0 Å². The van der Waals surface area contributed by atoms with Crippen LogP contribution in [0.2, 0.25) is 5.02 Å². The molecular weight excluding hydrogens is 312 g/mol. The number of nitrogens with two attached hydrogens (primary N) is 1. The van der Waals surface area contributed by atoms with Crippen molar-refractivity contribution in [2.45, 2.75) is 6.04 Å². The van der Waals surface area contributed by atoms with Crippen LogP contribution in [0.1, 0.15) is 11.6 Å². The molecule has 116 valence electrons. The van der Waals surface area contributed by atoms with Gasteiger partial charge in [-0.1, -0.05) is 54.1 Å². The van der Waals surface area contributed by atoms with Crippen molar-refractivity contribution in [3.8, 4) is 5.69 Å². The second kappa shape index (κ2) is 6.54. The Morgan fingerprint density at radius 1 is 1.09 bits per heavy atom. The van der Waals surface area contributed by atoms with Gasteiger partial charge in [0, 0.05) is 12.3 Å². The highest BCUT2D eigenvalue weighted by Crippen LogP contribution is 2.22. The normalized spacial score (nSPS) is 11.9. The maximum Gasteiger partial charge on any atom is 0.244 e. The fourth-order valence-corrected chi connectivity index (χ4v) is 2.51. The summed E-state index contributed by atoms with van der Waals surface area (Å²) in [4.78, 5) is 11.7. The molecule has 0 aliphatic rings. The van der Waals surface area contributed by atoms with Gasteiger partial charge < -0.3 is 11.1 Å². The standard InChI is InChI=1S/C17H15ClN4O/c18-13-8-4-5-9-14(13)22-11-10-15(21-22)20-16(17(19)23)12-6-2-1-3-7-12/h1-11,16H,(H2,19,23)(H,20,21). The van der Waals surface area contributed by atoms with E-state index in [-0.39, 0.29) is 0 Å². The Balaban J connectivity index is 1.86. The van der Waals surface area contributed by atoms with E-state index in [2.05, 4.69) is 10.4 Å². The molecule has 1 atom stereocenters. The number of benzene rings is 2. The lowest BCUT2D eigenvalue weighted by molar-refractivity contribution is -0.118. The predicted molar refractivity (Wildman–Crippen MR) is 90.6 cm³/mol. The van der Waals surface area contributed by atoms with Crippen LogP contribution in [0, 0.1) is 0 Å². The summed E-state index contributed by atoms with van der Waals surface area (Å²) >= 11 is 6.16. The fraction of sp³-hybridized carbons (Fsp3) is 0.0588. The highest BCUT2D eigenvalue weighted by Gasteiger charge is 2.18. The van der Waals surface area contributed by atoms with Gasteiger partial charge in [0.15, 0.2) is 0 Å². The molecule has 1 heterocycles. The van der Waals surface area contributed by atoms with Gasteiger partial charge in [0.05, 0.1) is 10.7 Å². The number of para-hydroxylation sites is 1. The quantitative estimate of drug-likeness (QED) is 0.756. The molecule has 0 spiro atoms. The van der Waals surface area contributed by atoms with E-state index in [1.165, 1.54) is 0 Å². The minimum atomic E-state index is -0.647. The molecule has 0 radical (unpaired) electrons. The average molecular weight is 327 g/mol. The number of hydrogen-bond donors (Lipinski definition) is 2. The van der Waals surface area contributed by atoms with Gasteiger partial charge in [-0.25, -0.2) is 4.68 Å². The van der Waals surface area contributed by atoms with Crippen LogP contribution >= 0.6 is 11.6 Å². The first-order valence-electron chi connectivity index (χ1n) is 7.06. The Morgan fingerprint density at radius 2 is 1.78 bits per heavy atom. The van der Waals surface area contributed by atoms with Gasteiger partial charge in [-0.2, -0.15) is 5.10 Å².